The van der Waals surface area contributed by atoms with E-state index in [0.29, 0.717) is 11.3 Å². The summed E-state index contributed by atoms with van der Waals surface area (Å²) in [5, 5.41) is 5.73. The summed E-state index contributed by atoms with van der Waals surface area (Å²) < 4.78 is 43.5. The van der Waals surface area contributed by atoms with Gasteiger partial charge in [-0.2, -0.15) is 18.3 Å². The SMILES string of the molecule is CC(C)Oc1ccc(/C=N/NC(=O)C(=O)Nc2cccc(C(F)(F)F)c2)cc1. The molecule has 0 aliphatic carbocycles. The largest absolute Gasteiger partial charge is 0.491 e. The summed E-state index contributed by atoms with van der Waals surface area (Å²) >= 11 is 0. The first-order valence-electron chi connectivity index (χ1n) is 8.23. The summed E-state index contributed by atoms with van der Waals surface area (Å²) in [5.74, 6) is -1.58. The third kappa shape index (κ3) is 6.42. The first-order chi connectivity index (χ1) is 13.1. The van der Waals surface area contributed by atoms with Crippen LogP contribution in [0.3, 0.4) is 0 Å². The highest BCUT2D eigenvalue weighted by molar-refractivity contribution is 6.39. The number of rotatable bonds is 5. The molecule has 0 aliphatic rings. The van der Waals surface area contributed by atoms with Crippen molar-refractivity contribution in [2.24, 2.45) is 5.10 Å². The first kappa shape index (κ1) is 20.9. The molecule has 0 aliphatic heterocycles. The topological polar surface area (TPSA) is 79.8 Å². The third-order valence-corrected chi connectivity index (χ3v) is 3.29. The van der Waals surface area contributed by atoms with Gasteiger partial charge in [0.1, 0.15) is 5.75 Å². The van der Waals surface area contributed by atoms with Gasteiger partial charge in [0.15, 0.2) is 0 Å². The van der Waals surface area contributed by atoms with E-state index in [1.807, 2.05) is 19.3 Å². The van der Waals surface area contributed by atoms with Crippen molar-refractivity contribution in [3.8, 4) is 5.75 Å². The van der Waals surface area contributed by atoms with Gasteiger partial charge in [0.25, 0.3) is 0 Å². The first-order valence-corrected chi connectivity index (χ1v) is 8.23. The average Bonchev–Trinajstić information content (AvgIpc) is 2.62. The number of carbonyl (C=O) groups is 2. The number of nitrogens with zero attached hydrogens (tertiary/aromatic N) is 1. The van der Waals surface area contributed by atoms with Crippen molar-refractivity contribution in [3.05, 3.63) is 59.7 Å². The maximum absolute atomic E-state index is 12.7. The summed E-state index contributed by atoms with van der Waals surface area (Å²) in [7, 11) is 0. The number of hydrogen-bond donors (Lipinski definition) is 2. The maximum Gasteiger partial charge on any atom is 0.416 e. The summed E-state index contributed by atoms with van der Waals surface area (Å²) in [6.07, 6.45) is -3.20. The number of alkyl halides is 3. The van der Waals surface area contributed by atoms with Gasteiger partial charge in [-0.3, -0.25) is 9.59 Å². The van der Waals surface area contributed by atoms with Crippen LogP contribution in [-0.2, 0) is 15.8 Å². The van der Waals surface area contributed by atoms with E-state index in [9.17, 15) is 22.8 Å². The van der Waals surface area contributed by atoms with Gasteiger partial charge in [0.05, 0.1) is 17.9 Å². The third-order valence-electron chi connectivity index (χ3n) is 3.29. The Hall–Kier alpha value is -3.36. The normalized spacial score (nSPS) is 11.5. The van der Waals surface area contributed by atoms with Gasteiger partial charge in [-0.1, -0.05) is 6.07 Å². The lowest BCUT2D eigenvalue weighted by atomic mass is 10.2. The molecule has 0 aromatic heterocycles. The fourth-order valence-corrected chi connectivity index (χ4v) is 2.08. The predicted molar refractivity (Wildman–Crippen MR) is 98.0 cm³/mol. The highest BCUT2D eigenvalue weighted by Crippen LogP contribution is 2.30. The van der Waals surface area contributed by atoms with E-state index in [2.05, 4.69) is 10.4 Å². The highest BCUT2D eigenvalue weighted by Gasteiger charge is 2.30. The van der Waals surface area contributed by atoms with E-state index < -0.39 is 23.6 Å². The van der Waals surface area contributed by atoms with Gasteiger partial charge in [-0.15, -0.1) is 0 Å². The Bertz CT molecular complexity index is 863. The van der Waals surface area contributed by atoms with Crippen LogP contribution in [0, 0.1) is 0 Å². The van der Waals surface area contributed by atoms with Crippen LogP contribution < -0.4 is 15.5 Å². The number of amides is 2. The molecule has 0 fully saturated rings. The molecule has 0 unspecified atom stereocenters. The van der Waals surface area contributed by atoms with E-state index in [1.165, 1.54) is 12.3 Å². The zero-order valence-corrected chi connectivity index (χ0v) is 15.1. The van der Waals surface area contributed by atoms with Gasteiger partial charge < -0.3 is 10.1 Å². The Kier molecular flexibility index (Phi) is 6.75. The molecule has 9 heteroatoms. The second-order valence-electron chi connectivity index (χ2n) is 5.97. The molecule has 0 saturated carbocycles. The molecule has 0 heterocycles. The minimum Gasteiger partial charge on any atom is -0.491 e. The monoisotopic (exact) mass is 393 g/mol. The van der Waals surface area contributed by atoms with Crippen molar-refractivity contribution in [1.29, 1.82) is 0 Å². The molecule has 28 heavy (non-hydrogen) atoms. The Morgan fingerprint density at radius 2 is 1.75 bits per heavy atom. The van der Waals surface area contributed by atoms with Crippen LogP contribution >= 0.6 is 0 Å². The van der Waals surface area contributed by atoms with E-state index in [4.69, 9.17) is 4.74 Å². The van der Waals surface area contributed by atoms with E-state index in [-0.39, 0.29) is 11.8 Å². The van der Waals surface area contributed by atoms with Crippen LogP contribution in [0.5, 0.6) is 5.75 Å². The van der Waals surface area contributed by atoms with Crippen LogP contribution in [0.15, 0.2) is 53.6 Å². The quantitative estimate of drug-likeness (QED) is 0.463. The van der Waals surface area contributed by atoms with E-state index in [0.717, 1.165) is 18.2 Å². The number of anilines is 1. The molecule has 0 saturated heterocycles. The maximum atomic E-state index is 12.7. The van der Waals surface area contributed by atoms with Crippen molar-refractivity contribution in [2.75, 3.05) is 5.32 Å². The van der Waals surface area contributed by atoms with Crippen molar-refractivity contribution < 1.29 is 27.5 Å². The summed E-state index contributed by atoms with van der Waals surface area (Å²) in [6.45, 7) is 3.80. The molecule has 0 atom stereocenters. The lowest BCUT2D eigenvalue weighted by Crippen LogP contribution is -2.32. The van der Waals surface area contributed by atoms with Crippen molar-refractivity contribution in [1.82, 2.24) is 5.43 Å². The standard InChI is InChI=1S/C19H18F3N3O3/c1-12(2)28-16-8-6-13(7-9-16)11-23-25-18(27)17(26)24-15-5-3-4-14(10-15)19(20,21)22/h3-12H,1-2H3,(H,24,26)(H,25,27)/b23-11+. The van der Waals surface area contributed by atoms with Crippen molar-refractivity contribution in [2.45, 2.75) is 26.1 Å². The number of hydrogen-bond acceptors (Lipinski definition) is 4. The van der Waals surface area contributed by atoms with Crippen LogP contribution in [0.2, 0.25) is 0 Å². The number of halogens is 3. The molecule has 0 radical (unpaired) electrons. The lowest BCUT2D eigenvalue weighted by Gasteiger charge is -2.09. The summed E-state index contributed by atoms with van der Waals surface area (Å²) in [5.41, 5.74) is 1.57. The molecule has 2 N–H and O–H groups in total. The molecule has 2 rings (SSSR count). The van der Waals surface area contributed by atoms with Crippen molar-refractivity contribution in [3.63, 3.8) is 0 Å². The summed E-state index contributed by atoms with van der Waals surface area (Å²) in [4.78, 5) is 23.5. The van der Waals surface area contributed by atoms with Crippen LogP contribution in [0.25, 0.3) is 0 Å². The Balaban J connectivity index is 1.90. The smallest absolute Gasteiger partial charge is 0.416 e. The van der Waals surface area contributed by atoms with Gasteiger partial charge in [-0.05, 0) is 61.9 Å². The second kappa shape index (κ2) is 9.03. The minimum atomic E-state index is -4.55. The molecule has 148 valence electrons. The highest BCUT2D eigenvalue weighted by atomic mass is 19.4. The van der Waals surface area contributed by atoms with Crippen LogP contribution in [0.1, 0.15) is 25.0 Å². The number of benzene rings is 2. The molecular weight excluding hydrogens is 375 g/mol. The average molecular weight is 393 g/mol. The fourth-order valence-electron chi connectivity index (χ4n) is 2.08. The Morgan fingerprint density at radius 3 is 2.36 bits per heavy atom. The van der Waals surface area contributed by atoms with Crippen LogP contribution in [-0.4, -0.2) is 24.1 Å². The minimum absolute atomic E-state index is 0.0362. The molecule has 6 nitrogen and oxygen atoms in total. The molecule has 0 bridgehead atoms. The number of nitrogens with one attached hydrogen (secondary N) is 2. The van der Waals surface area contributed by atoms with Gasteiger partial charge in [0.2, 0.25) is 0 Å². The molecule has 2 aromatic carbocycles. The lowest BCUT2D eigenvalue weighted by molar-refractivity contribution is -0.137. The molecule has 0 spiro atoms. The van der Waals surface area contributed by atoms with Gasteiger partial charge in [-0.25, -0.2) is 5.43 Å². The predicted octanol–water partition coefficient (Wildman–Crippen LogP) is 3.58. The molecular formula is C19H18F3N3O3. The molecule has 2 amide bonds. The Labute approximate surface area is 159 Å². The van der Waals surface area contributed by atoms with E-state index >= 15 is 0 Å². The van der Waals surface area contributed by atoms with E-state index in [1.54, 1.807) is 24.3 Å². The zero-order valence-electron chi connectivity index (χ0n) is 15.1. The van der Waals surface area contributed by atoms with Gasteiger partial charge in [0, 0.05) is 5.69 Å². The Morgan fingerprint density at radius 1 is 1.07 bits per heavy atom. The summed E-state index contributed by atoms with van der Waals surface area (Å²) in [6, 6.07) is 10.8. The van der Waals surface area contributed by atoms with Gasteiger partial charge >= 0.3 is 18.0 Å². The second-order valence-corrected chi connectivity index (χ2v) is 5.97. The zero-order chi connectivity index (χ0) is 20.7. The number of carbonyl (C=O) groups excluding carboxylic acids is 2. The number of ether oxygens (including phenoxy) is 1. The van der Waals surface area contributed by atoms with Crippen LogP contribution in [0.4, 0.5) is 18.9 Å². The van der Waals surface area contributed by atoms with Crippen molar-refractivity contribution >= 4 is 23.7 Å². The number of hydrazone groups is 1. The fraction of sp³-hybridized carbons (Fsp3) is 0.211. The molecule has 2 aromatic rings.